The number of hydrogen-bond acceptors (Lipinski definition) is 7. The van der Waals surface area contributed by atoms with Crippen LogP contribution in [0.5, 0.6) is 0 Å². The third kappa shape index (κ3) is 5.72. The van der Waals surface area contributed by atoms with Gasteiger partial charge in [0.05, 0.1) is 4.90 Å². The predicted octanol–water partition coefficient (Wildman–Crippen LogP) is 2.93. The number of benzene rings is 1. The molecule has 0 aliphatic rings. The maximum atomic E-state index is 12.4. The molecule has 3 N–H and O–H groups in total. The van der Waals surface area contributed by atoms with Crippen LogP contribution in [-0.2, 0) is 10.0 Å². The van der Waals surface area contributed by atoms with Gasteiger partial charge in [-0.05, 0) is 56.2 Å². The molecule has 0 saturated heterocycles. The topological polar surface area (TPSA) is 109 Å². The maximum Gasteiger partial charge on any atom is 0.240 e. The van der Waals surface area contributed by atoms with Gasteiger partial charge in [0.15, 0.2) is 5.82 Å². The van der Waals surface area contributed by atoms with Crippen LogP contribution in [0.15, 0.2) is 53.6 Å². The molecule has 0 atom stereocenters. The average Bonchev–Trinajstić information content (AvgIpc) is 2.68. The van der Waals surface area contributed by atoms with Crippen LogP contribution >= 0.6 is 0 Å². The van der Waals surface area contributed by atoms with Gasteiger partial charge in [0, 0.05) is 19.3 Å². The van der Waals surface area contributed by atoms with E-state index in [1.54, 1.807) is 37.4 Å². The summed E-state index contributed by atoms with van der Waals surface area (Å²) >= 11 is 0. The highest BCUT2D eigenvalue weighted by molar-refractivity contribution is 7.89. The Morgan fingerprint density at radius 3 is 2.17 bits per heavy atom. The molecule has 0 bridgehead atoms. The number of aromatic nitrogens is 3. The molecule has 3 aromatic rings. The van der Waals surface area contributed by atoms with Crippen molar-refractivity contribution in [3.05, 3.63) is 65.4 Å². The zero-order chi connectivity index (χ0) is 20.9. The molecule has 152 valence electrons. The van der Waals surface area contributed by atoms with E-state index >= 15 is 0 Å². The number of sulfonamides is 1. The SMILES string of the molecule is Cc1ccc(Nc2ccc(NCCNS(=O)(=O)c3ccc(C)cc3C)nn2)nc1. The van der Waals surface area contributed by atoms with E-state index in [1.165, 1.54) is 0 Å². The molecule has 0 spiro atoms. The Morgan fingerprint density at radius 1 is 0.828 bits per heavy atom. The third-order valence-corrected chi connectivity index (χ3v) is 5.80. The molecule has 0 saturated carbocycles. The fourth-order valence-electron chi connectivity index (χ4n) is 2.72. The summed E-state index contributed by atoms with van der Waals surface area (Å²) in [6, 6.07) is 12.6. The van der Waals surface area contributed by atoms with Crippen LogP contribution in [0, 0.1) is 20.8 Å². The lowest BCUT2D eigenvalue weighted by molar-refractivity contribution is 0.582. The van der Waals surface area contributed by atoms with Crippen LogP contribution in [0.4, 0.5) is 17.5 Å². The number of aryl methyl sites for hydroxylation is 3. The molecule has 8 nitrogen and oxygen atoms in total. The molecule has 9 heteroatoms. The minimum atomic E-state index is -3.55. The monoisotopic (exact) mass is 412 g/mol. The predicted molar refractivity (Wildman–Crippen MR) is 114 cm³/mol. The summed E-state index contributed by atoms with van der Waals surface area (Å²) < 4.78 is 27.5. The van der Waals surface area contributed by atoms with Gasteiger partial charge in [-0.1, -0.05) is 23.8 Å². The van der Waals surface area contributed by atoms with Crippen LogP contribution in [0.1, 0.15) is 16.7 Å². The summed E-state index contributed by atoms with van der Waals surface area (Å²) in [6.07, 6.45) is 1.77. The van der Waals surface area contributed by atoms with Gasteiger partial charge >= 0.3 is 0 Å². The summed E-state index contributed by atoms with van der Waals surface area (Å²) in [7, 11) is -3.55. The molecule has 2 aromatic heterocycles. The van der Waals surface area contributed by atoms with Gasteiger partial charge in [0.2, 0.25) is 10.0 Å². The zero-order valence-electron chi connectivity index (χ0n) is 16.6. The lowest BCUT2D eigenvalue weighted by Crippen LogP contribution is -2.29. The minimum absolute atomic E-state index is 0.227. The van der Waals surface area contributed by atoms with Gasteiger partial charge in [-0.3, -0.25) is 0 Å². The van der Waals surface area contributed by atoms with E-state index in [1.807, 2.05) is 32.0 Å². The first-order valence-electron chi connectivity index (χ1n) is 9.18. The molecule has 2 heterocycles. The fraction of sp³-hybridized carbons (Fsp3) is 0.250. The highest BCUT2D eigenvalue weighted by Gasteiger charge is 2.15. The molecular weight excluding hydrogens is 388 g/mol. The van der Waals surface area contributed by atoms with Crippen LogP contribution in [0.2, 0.25) is 0 Å². The lowest BCUT2D eigenvalue weighted by Gasteiger charge is -2.11. The standard InChI is InChI=1S/C20H24N6O2S/c1-14-4-6-17(16(3)12-14)29(27,28)23-11-10-21-19-8-9-20(26-25-19)24-18-7-5-15(2)13-22-18/h4-9,12-13,23H,10-11H2,1-3H3,(H,21,25)(H,22,24,26). The second-order valence-electron chi connectivity index (χ2n) is 6.74. The molecular formula is C20H24N6O2S. The number of rotatable bonds is 8. The summed E-state index contributed by atoms with van der Waals surface area (Å²) in [4.78, 5) is 4.55. The molecule has 0 aliphatic heterocycles. The first-order valence-corrected chi connectivity index (χ1v) is 10.7. The second kappa shape index (κ2) is 8.97. The van der Waals surface area contributed by atoms with Gasteiger partial charge in [-0.25, -0.2) is 18.1 Å². The number of anilines is 3. The molecule has 0 fully saturated rings. The van der Waals surface area contributed by atoms with Gasteiger partial charge in [-0.2, -0.15) is 0 Å². The second-order valence-corrected chi connectivity index (χ2v) is 8.48. The number of pyridine rings is 1. The van der Waals surface area contributed by atoms with Gasteiger partial charge in [-0.15, -0.1) is 10.2 Å². The summed E-state index contributed by atoms with van der Waals surface area (Å²) in [6.45, 7) is 6.30. The molecule has 0 radical (unpaired) electrons. The van der Waals surface area contributed by atoms with E-state index in [0.717, 1.165) is 16.7 Å². The maximum absolute atomic E-state index is 12.4. The Morgan fingerprint density at radius 2 is 1.52 bits per heavy atom. The smallest absolute Gasteiger partial charge is 0.240 e. The Kier molecular flexibility index (Phi) is 6.40. The van der Waals surface area contributed by atoms with Crippen LogP contribution in [0.3, 0.4) is 0 Å². The van der Waals surface area contributed by atoms with Crippen LogP contribution in [0.25, 0.3) is 0 Å². The van der Waals surface area contributed by atoms with Crippen molar-refractivity contribution >= 4 is 27.5 Å². The van der Waals surface area contributed by atoms with E-state index in [2.05, 4.69) is 30.5 Å². The highest BCUT2D eigenvalue weighted by atomic mass is 32.2. The minimum Gasteiger partial charge on any atom is -0.367 e. The van der Waals surface area contributed by atoms with Crippen molar-refractivity contribution in [1.82, 2.24) is 19.9 Å². The first kappa shape index (κ1) is 20.7. The third-order valence-electron chi connectivity index (χ3n) is 4.18. The molecule has 29 heavy (non-hydrogen) atoms. The average molecular weight is 413 g/mol. The largest absolute Gasteiger partial charge is 0.367 e. The number of nitrogens with one attached hydrogen (secondary N) is 3. The molecule has 3 rings (SSSR count). The molecule has 0 aliphatic carbocycles. The van der Waals surface area contributed by atoms with E-state index in [9.17, 15) is 8.42 Å². The van der Waals surface area contributed by atoms with E-state index in [4.69, 9.17) is 0 Å². The van der Waals surface area contributed by atoms with Crippen molar-refractivity contribution in [3.63, 3.8) is 0 Å². The number of nitrogens with zero attached hydrogens (tertiary/aromatic N) is 3. The Labute approximate surface area is 170 Å². The Hall–Kier alpha value is -3.04. The van der Waals surface area contributed by atoms with Crippen molar-refractivity contribution in [3.8, 4) is 0 Å². The van der Waals surface area contributed by atoms with Crippen LogP contribution in [-0.4, -0.2) is 36.7 Å². The molecule has 1 aromatic carbocycles. The Balaban J connectivity index is 1.49. The Bertz CT molecular complexity index is 1070. The van der Waals surface area contributed by atoms with Crippen molar-refractivity contribution < 1.29 is 8.42 Å². The van der Waals surface area contributed by atoms with Crippen molar-refractivity contribution in [2.24, 2.45) is 0 Å². The van der Waals surface area contributed by atoms with E-state index in [0.29, 0.717) is 28.9 Å². The van der Waals surface area contributed by atoms with E-state index in [-0.39, 0.29) is 6.54 Å². The normalized spacial score (nSPS) is 11.3. The molecule has 0 unspecified atom stereocenters. The van der Waals surface area contributed by atoms with Crippen molar-refractivity contribution in [2.45, 2.75) is 25.7 Å². The number of hydrogen-bond donors (Lipinski definition) is 3. The zero-order valence-corrected chi connectivity index (χ0v) is 17.4. The van der Waals surface area contributed by atoms with Crippen molar-refractivity contribution in [1.29, 1.82) is 0 Å². The van der Waals surface area contributed by atoms with Gasteiger partial charge in [0.25, 0.3) is 0 Å². The quantitative estimate of drug-likeness (QED) is 0.488. The van der Waals surface area contributed by atoms with Gasteiger partial charge < -0.3 is 10.6 Å². The lowest BCUT2D eigenvalue weighted by atomic mass is 10.2. The van der Waals surface area contributed by atoms with E-state index < -0.39 is 10.0 Å². The van der Waals surface area contributed by atoms with Gasteiger partial charge in [0.1, 0.15) is 11.6 Å². The van der Waals surface area contributed by atoms with Crippen LogP contribution < -0.4 is 15.4 Å². The fourth-order valence-corrected chi connectivity index (χ4v) is 3.98. The molecule has 0 amide bonds. The first-order chi connectivity index (χ1) is 13.8. The highest BCUT2D eigenvalue weighted by Crippen LogP contribution is 2.16. The van der Waals surface area contributed by atoms with Crippen molar-refractivity contribution in [2.75, 3.05) is 23.7 Å². The summed E-state index contributed by atoms with van der Waals surface area (Å²) in [5, 5.41) is 14.3. The summed E-state index contributed by atoms with van der Waals surface area (Å²) in [5.41, 5.74) is 2.83. The summed E-state index contributed by atoms with van der Waals surface area (Å²) in [5.74, 6) is 1.81.